The molecular weight excluding hydrogens is 435 g/mol. The minimum Gasteiger partial charge on any atom is -0.384 e. The number of ether oxygens (including phenoxy) is 1. The summed E-state index contributed by atoms with van der Waals surface area (Å²) in [5.41, 5.74) is 1.71. The highest BCUT2D eigenvalue weighted by Gasteiger charge is 2.39. The van der Waals surface area contributed by atoms with Crippen molar-refractivity contribution in [1.82, 2.24) is 15.1 Å². The normalized spacial score (nSPS) is 19.2. The Hall–Kier alpha value is -0.600. The molecule has 1 aromatic carbocycles. The van der Waals surface area contributed by atoms with Crippen molar-refractivity contribution in [2.24, 2.45) is 5.41 Å². The molecule has 3 rings (SSSR count). The maximum absolute atomic E-state index is 13.0. The Morgan fingerprint density at radius 3 is 2.41 bits per heavy atom. The summed E-state index contributed by atoms with van der Waals surface area (Å²) in [6, 6.07) is 8.26. The number of carbonyl (C=O) groups is 1. The SMILES string of the molecule is COCC1(C(=O)Nc2cccc(CN3CCN(C)CC3)c2)CCNCC1.Cl.Cl.Cl. The molecule has 0 aromatic heterocycles. The maximum Gasteiger partial charge on any atom is 0.233 e. The van der Waals surface area contributed by atoms with Crippen molar-refractivity contribution in [2.45, 2.75) is 19.4 Å². The van der Waals surface area contributed by atoms with Gasteiger partial charge in [-0.15, -0.1) is 37.2 Å². The summed E-state index contributed by atoms with van der Waals surface area (Å²) in [6.07, 6.45) is 1.63. The van der Waals surface area contributed by atoms with Crippen LogP contribution in [0.2, 0.25) is 0 Å². The van der Waals surface area contributed by atoms with Crippen LogP contribution in [-0.4, -0.2) is 75.7 Å². The molecular formula is C20H35Cl3N4O2. The van der Waals surface area contributed by atoms with E-state index in [4.69, 9.17) is 4.74 Å². The number of anilines is 1. The Balaban J connectivity index is 0.00000261. The van der Waals surface area contributed by atoms with Gasteiger partial charge in [-0.2, -0.15) is 0 Å². The predicted octanol–water partition coefficient (Wildman–Crippen LogP) is 2.65. The molecule has 0 saturated carbocycles. The average Bonchev–Trinajstić information content (AvgIpc) is 2.65. The molecule has 29 heavy (non-hydrogen) atoms. The number of carbonyl (C=O) groups excluding carboxylic acids is 1. The van der Waals surface area contributed by atoms with Crippen molar-refractivity contribution in [3.05, 3.63) is 29.8 Å². The van der Waals surface area contributed by atoms with Crippen LogP contribution in [0.25, 0.3) is 0 Å². The van der Waals surface area contributed by atoms with Crippen LogP contribution in [0.1, 0.15) is 18.4 Å². The number of hydrogen-bond acceptors (Lipinski definition) is 5. The number of piperidine rings is 1. The molecule has 168 valence electrons. The van der Waals surface area contributed by atoms with E-state index in [2.05, 4.69) is 39.6 Å². The highest BCUT2D eigenvalue weighted by molar-refractivity contribution is 5.95. The predicted molar refractivity (Wildman–Crippen MR) is 126 cm³/mol. The quantitative estimate of drug-likeness (QED) is 0.671. The van der Waals surface area contributed by atoms with Gasteiger partial charge in [0.05, 0.1) is 12.0 Å². The van der Waals surface area contributed by atoms with Gasteiger partial charge in [-0.05, 0) is 50.7 Å². The van der Waals surface area contributed by atoms with Crippen LogP contribution in [-0.2, 0) is 16.1 Å². The Morgan fingerprint density at radius 1 is 1.14 bits per heavy atom. The third-order valence-corrected chi connectivity index (χ3v) is 5.65. The van der Waals surface area contributed by atoms with E-state index in [1.807, 2.05) is 12.1 Å². The lowest BCUT2D eigenvalue weighted by atomic mass is 9.78. The third kappa shape index (κ3) is 7.87. The minimum absolute atomic E-state index is 0. The number of benzene rings is 1. The van der Waals surface area contributed by atoms with E-state index in [1.54, 1.807) is 7.11 Å². The van der Waals surface area contributed by atoms with Gasteiger partial charge in [0, 0.05) is 45.5 Å². The molecule has 2 aliphatic rings. The van der Waals surface area contributed by atoms with Gasteiger partial charge >= 0.3 is 0 Å². The molecule has 1 aromatic rings. The zero-order chi connectivity index (χ0) is 18.4. The summed E-state index contributed by atoms with van der Waals surface area (Å²) in [7, 11) is 3.85. The number of methoxy groups -OCH3 is 1. The minimum atomic E-state index is -0.423. The van der Waals surface area contributed by atoms with Crippen molar-refractivity contribution in [2.75, 3.05) is 65.3 Å². The number of hydrogen-bond donors (Lipinski definition) is 2. The first-order valence-electron chi connectivity index (χ1n) is 9.62. The Morgan fingerprint density at radius 2 is 1.79 bits per heavy atom. The van der Waals surface area contributed by atoms with E-state index in [1.165, 1.54) is 5.56 Å². The Bertz CT molecular complexity index is 602. The second-order valence-electron chi connectivity index (χ2n) is 7.70. The first kappa shape index (κ1) is 28.4. The average molecular weight is 470 g/mol. The molecule has 0 spiro atoms. The number of likely N-dealkylation sites (N-methyl/N-ethyl adjacent to an activating group) is 1. The van der Waals surface area contributed by atoms with Crippen LogP contribution in [0, 0.1) is 5.41 Å². The fraction of sp³-hybridized carbons (Fsp3) is 0.650. The van der Waals surface area contributed by atoms with Crippen LogP contribution in [0.5, 0.6) is 0 Å². The molecule has 9 heteroatoms. The monoisotopic (exact) mass is 468 g/mol. The molecule has 6 nitrogen and oxygen atoms in total. The molecule has 0 atom stereocenters. The van der Waals surface area contributed by atoms with E-state index >= 15 is 0 Å². The topological polar surface area (TPSA) is 56.8 Å². The van der Waals surface area contributed by atoms with Crippen molar-refractivity contribution in [3.8, 4) is 0 Å². The molecule has 2 aliphatic heterocycles. The zero-order valence-corrected chi connectivity index (χ0v) is 19.8. The van der Waals surface area contributed by atoms with Gasteiger partial charge in [0.2, 0.25) is 5.91 Å². The summed E-state index contributed by atoms with van der Waals surface area (Å²) in [5, 5.41) is 6.48. The van der Waals surface area contributed by atoms with E-state index in [-0.39, 0.29) is 43.1 Å². The molecule has 1 amide bonds. The van der Waals surface area contributed by atoms with Crippen molar-refractivity contribution >= 4 is 48.8 Å². The van der Waals surface area contributed by atoms with E-state index in [0.717, 1.165) is 64.3 Å². The van der Waals surface area contributed by atoms with E-state index in [9.17, 15) is 4.79 Å². The Kier molecular flexibility index (Phi) is 13.4. The molecule has 0 unspecified atom stereocenters. The number of nitrogens with one attached hydrogen (secondary N) is 2. The smallest absolute Gasteiger partial charge is 0.233 e. The largest absolute Gasteiger partial charge is 0.384 e. The van der Waals surface area contributed by atoms with Crippen molar-refractivity contribution < 1.29 is 9.53 Å². The first-order valence-corrected chi connectivity index (χ1v) is 9.62. The van der Waals surface area contributed by atoms with Crippen LogP contribution in [0.15, 0.2) is 24.3 Å². The molecule has 2 saturated heterocycles. The number of halogens is 3. The van der Waals surface area contributed by atoms with E-state index < -0.39 is 5.41 Å². The van der Waals surface area contributed by atoms with Gasteiger partial charge in [-0.25, -0.2) is 0 Å². The van der Waals surface area contributed by atoms with Crippen LogP contribution in [0.4, 0.5) is 5.69 Å². The summed E-state index contributed by atoms with van der Waals surface area (Å²) in [5.74, 6) is 0.0811. The number of piperazine rings is 1. The molecule has 0 bridgehead atoms. The van der Waals surface area contributed by atoms with Crippen molar-refractivity contribution in [3.63, 3.8) is 0 Å². The van der Waals surface area contributed by atoms with Crippen molar-refractivity contribution in [1.29, 1.82) is 0 Å². The van der Waals surface area contributed by atoms with Crippen LogP contribution < -0.4 is 10.6 Å². The van der Waals surface area contributed by atoms with Gasteiger partial charge in [0.25, 0.3) is 0 Å². The highest BCUT2D eigenvalue weighted by atomic mass is 35.5. The third-order valence-electron chi connectivity index (χ3n) is 5.65. The Labute approximate surface area is 193 Å². The second kappa shape index (κ2) is 13.7. The molecule has 0 radical (unpaired) electrons. The number of amides is 1. The summed E-state index contributed by atoms with van der Waals surface area (Å²) < 4.78 is 5.38. The summed E-state index contributed by atoms with van der Waals surface area (Å²) >= 11 is 0. The molecule has 2 heterocycles. The van der Waals surface area contributed by atoms with Gasteiger partial charge in [-0.1, -0.05) is 12.1 Å². The lowest BCUT2D eigenvalue weighted by Gasteiger charge is -2.35. The number of rotatable bonds is 6. The molecule has 2 N–H and O–H groups in total. The van der Waals surface area contributed by atoms with Gasteiger partial charge in [0.15, 0.2) is 0 Å². The highest BCUT2D eigenvalue weighted by Crippen LogP contribution is 2.31. The lowest BCUT2D eigenvalue weighted by molar-refractivity contribution is -0.130. The maximum atomic E-state index is 13.0. The summed E-state index contributed by atoms with van der Waals surface area (Å²) in [4.78, 5) is 17.8. The second-order valence-corrected chi connectivity index (χ2v) is 7.70. The van der Waals surface area contributed by atoms with Crippen LogP contribution >= 0.6 is 37.2 Å². The number of nitrogens with zero attached hydrogens (tertiary/aromatic N) is 2. The lowest BCUT2D eigenvalue weighted by Crippen LogP contribution is -2.47. The van der Waals surface area contributed by atoms with Gasteiger partial charge < -0.3 is 20.3 Å². The van der Waals surface area contributed by atoms with Gasteiger partial charge in [0.1, 0.15) is 0 Å². The first-order chi connectivity index (χ1) is 12.6. The zero-order valence-electron chi connectivity index (χ0n) is 17.3. The van der Waals surface area contributed by atoms with Crippen LogP contribution in [0.3, 0.4) is 0 Å². The standard InChI is InChI=1S/C20H32N4O2.3ClH/c1-23-10-12-24(13-11-23)15-17-4-3-5-18(14-17)22-19(25)20(16-26-2)6-8-21-9-7-20;;;/h3-5,14,21H,6-13,15-16H2,1-2H3,(H,22,25);3*1H. The fourth-order valence-electron chi connectivity index (χ4n) is 3.89. The molecule has 0 aliphatic carbocycles. The van der Waals surface area contributed by atoms with E-state index in [0.29, 0.717) is 6.61 Å². The summed E-state index contributed by atoms with van der Waals surface area (Å²) in [6.45, 7) is 7.55. The van der Waals surface area contributed by atoms with Gasteiger partial charge in [-0.3, -0.25) is 9.69 Å². The fourth-order valence-corrected chi connectivity index (χ4v) is 3.89. The molecule has 2 fully saturated rings.